The van der Waals surface area contributed by atoms with E-state index in [9.17, 15) is 14.4 Å². The minimum absolute atomic E-state index is 0.0351. The minimum atomic E-state index is -1.05. The summed E-state index contributed by atoms with van der Waals surface area (Å²) in [6.45, 7) is 3.84. The number of carbonyl (C=O) groups excluding carboxylic acids is 2. The van der Waals surface area contributed by atoms with E-state index >= 15 is 0 Å². The average Bonchev–Trinajstić information content (AvgIpc) is 3.21. The Kier molecular flexibility index (Phi) is 6.68. The fourth-order valence-electron chi connectivity index (χ4n) is 2.66. The first-order chi connectivity index (χ1) is 14.5. The molecule has 30 heavy (non-hydrogen) atoms. The fraction of sp³-hybridized carbons (Fsp3) is 0.300. The maximum atomic E-state index is 12.5. The molecule has 0 amide bonds. The zero-order valence-electron chi connectivity index (χ0n) is 16.5. The molecular weight excluding hydrogens is 392 g/mol. The summed E-state index contributed by atoms with van der Waals surface area (Å²) in [4.78, 5) is 48.7. The van der Waals surface area contributed by atoms with Crippen LogP contribution in [0.1, 0.15) is 47.6 Å². The molecule has 1 atom stereocenters. The predicted molar refractivity (Wildman–Crippen MR) is 103 cm³/mol. The highest BCUT2D eigenvalue weighted by atomic mass is 16.5. The summed E-state index contributed by atoms with van der Waals surface area (Å²) in [5, 5.41) is 0. The van der Waals surface area contributed by atoms with Crippen molar-refractivity contribution in [3.63, 3.8) is 0 Å². The molecule has 0 bridgehead atoms. The number of pyridine rings is 1. The van der Waals surface area contributed by atoms with Crippen LogP contribution >= 0.6 is 0 Å². The highest BCUT2D eigenvalue weighted by molar-refractivity contribution is 5.86. The molecule has 0 aliphatic rings. The molecule has 3 rings (SSSR count). The van der Waals surface area contributed by atoms with Crippen LogP contribution in [0, 0.1) is 0 Å². The van der Waals surface area contributed by atoms with Crippen LogP contribution in [0.3, 0.4) is 0 Å². The highest BCUT2D eigenvalue weighted by Gasteiger charge is 2.31. The molecule has 3 heterocycles. The number of esters is 2. The van der Waals surface area contributed by atoms with Crippen LogP contribution in [0.5, 0.6) is 0 Å². The number of nitrogens with zero attached hydrogens (tertiary/aromatic N) is 4. The third-order valence-electron chi connectivity index (χ3n) is 4.04. The maximum Gasteiger partial charge on any atom is 0.375 e. The van der Waals surface area contributed by atoms with Crippen LogP contribution in [0.25, 0.3) is 0 Å². The van der Waals surface area contributed by atoms with E-state index in [4.69, 9.17) is 13.9 Å². The van der Waals surface area contributed by atoms with Gasteiger partial charge in [-0.25, -0.2) is 19.7 Å². The molecular formula is C20H20N4O6. The number of oxazole rings is 1. The number of hydrogen-bond acceptors (Lipinski definition) is 9. The van der Waals surface area contributed by atoms with E-state index in [2.05, 4.69) is 15.0 Å². The first kappa shape index (κ1) is 20.9. The van der Waals surface area contributed by atoms with Crippen molar-refractivity contribution in [2.75, 3.05) is 13.2 Å². The zero-order valence-corrected chi connectivity index (χ0v) is 16.5. The Morgan fingerprint density at radius 2 is 1.80 bits per heavy atom. The molecule has 0 N–H and O–H groups in total. The second-order valence-electron chi connectivity index (χ2n) is 6.07. The first-order valence-corrected chi connectivity index (χ1v) is 9.29. The van der Waals surface area contributed by atoms with Gasteiger partial charge in [-0.15, -0.1) is 0 Å². The van der Waals surface area contributed by atoms with Gasteiger partial charge in [-0.05, 0) is 19.9 Å². The summed E-state index contributed by atoms with van der Waals surface area (Å²) in [5.41, 5.74) is 0.190. The van der Waals surface area contributed by atoms with Crippen molar-refractivity contribution in [1.82, 2.24) is 19.5 Å². The van der Waals surface area contributed by atoms with Crippen LogP contribution in [0.4, 0.5) is 0 Å². The smallest absolute Gasteiger partial charge is 0.375 e. The normalized spacial score (nSPS) is 11.7. The van der Waals surface area contributed by atoms with E-state index in [1.54, 1.807) is 32.2 Å². The van der Waals surface area contributed by atoms with Crippen LogP contribution < -0.4 is 5.56 Å². The van der Waals surface area contributed by atoms with Gasteiger partial charge in [0.25, 0.3) is 5.56 Å². The van der Waals surface area contributed by atoms with Crippen molar-refractivity contribution >= 4 is 11.9 Å². The molecule has 10 heteroatoms. The van der Waals surface area contributed by atoms with E-state index in [0.29, 0.717) is 11.4 Å². The van der Waals surface area contributed by atoms with Crippen LogP contribution in [0.2, 0.25) is 0 Å². The molecule has 0 saturated heterocycles. The molecule has 10 nitrogen and oxygen atoms in total. The van der Waals surface area contributed by atoms with Gasteiger partial charge in [0.2, 0.25) is 11.7 Å². The van der Waals surface area contributed by atoms with Gasteiger partial charge in [0, 0.05) is 30.2 Å². The lowest BCUT2D eigenvalue weighted by Crippen LogP contribution is -2.21. The largest absolute Gasteiger partial charge is 0.465 e. The number of carbonyl (C=O) groups is 2. The van der Waals surface area contributed by atoms with E-state index in [1.807, 2.05) is 0 Å². The number of rotatable bonds is 8. The molecule has 0 spiro atoms. The molecule has 3 aromatic rings. The van der Waals surface area contributed by atoms with E-state index in [0.717, 1.165) is 0 Å². The number of hydrogen-bond donors (Lipinski definition) is 0. The van der Waals surface area contributed by atoms with E-state index < -0.39 is 17.9 Å². The van der Waals surface area contributed by atoms with Gasteiger partial charge in [-0.3, -0.25) is 9.59 Å². The Morgan fingerprint density at radius 3 is 2.47 bits per heavy atom. The van der Waals surface area contributed by atoms with Gasteiger partial charge in [0.05, 0.1) is 26.0 Å². The lowest BCUT2D eigenvalue weighted by atomic mass is 10.0. The number of ether oxygens (including phenoxy) is 2. The van der Waals surface area contributed by atoms with Gasteiger partial charge >= 0.3 is 11.9 Å². The Labute approximate surface area is 171 Å². The second-order valence-corrected chi connectivity index (χ2v) is 6.07. The lowest BCUT2D eigenvalue weighted by molar-refractivity contribution is -0.144. The predicted octanol–water partition coefficient (Wildman–Crippen LogP) is 1.55. The molecule has 3 aromatic heterocycles. The van der Waals surface area contributed by atoms with Gasteiger partial charge in [0.1, 0.15) is 5.82 Å². The van der Waals surface area contributed by atoms with E-state index in [1.165, 1.54) is 29.2 Å². The van der Waals surface area contributed by atoms with Crippen molar-refractivity contribution in [1.29, 1.82) is 0 Å². The van der Waals surface area contributed by atoms with Gasteiger partial charge < -0.3 is 18.5 Å². The maximum absolute atomic E-state index is 12.5. The fourth-order valence-corrected chi connectivity index (χ4v) is 2.66. The third-order valence-corrected chi connectivity index (χ3v) is 4.04. The molecule has 1 unspecified atom stereocenters. The topological polar surface area (TPSA) is 126 Å². The molecule has 0 aliphatic heterocycles. The molecule has 0 saturated carbocycles. The standard InChI is InChI=1S/C20H20N4O6/c1-3-28-19(26)14-11-23-18(30-14)17(20(27)29-4-2)13-9-21-15(22-10-13)12-24-8-6-5-7-16(24)25/h5-11,17H,3-4,12H2,1-2H3. The summed E-state index contributed by atoms with van der Waals surface area (Å²) >= 11 is 0. The SMILES string of the molecule is CCOC(=O)c1cnc(C(C(=O)OCC)c2cnc(Cn3ccccc3=O)nc2)o1. The molecule has 156 valence electrons. The quantitative estimate of drug-likeness (QED) is 0.506. The summed E-state index contributed by atoms with van der Waals surface area (Å²) in [6, 6.07) is 4.82. The van der Waals surface area contributed by atoms with Crippen molar-refractivity contribution in [3.8, 4) is 0 Å². The van der Waals surface area contributed by atoms with Crippen molar-refractivity contribution in [2.24, 2.45) is 0 Å². The van der Waals surface area contributed by atoms with Crippen molar-refractivity contribution < 1.29 is 23.5 Å². The molecule has 0 radical (unpaired) electrons. The van der Waals surface area contributed by atoms with Crippen LogP contribution in [0.15, 0.2) is 52.2 Å². The van der Waals surface area contributed by atoms with Gasteiger partial charge in [0.15, 0.2) is 5.92 Å². The van der Waals surface area contributed by atoms with Crippen LogP contribution in [-0.4, -0.2) is 44.7 Å². The number of aromatic nitrogens is 4. The highest BCUT2D eigenvalue weighted by Crippen LogP contribution is 2.25. The summed E-state index contributed by atoms with van der Waals surface area (Å²) < 4.78 is 16.9. The summed E-state index contributed by atoms with van der Waals surface area (Å²) in [6.07, 6.45) is 5.69. The monoisotopic (exact) mass is 412 g/mol. The van der Waals surface area contributed by atoms with Crippen molar-refractivity contribution in [3.05, 3.63) is 76.4 Å². The Bertz CT molecular complexity index is 1070. The molecule has 0 fully saturated rings. The summed E-state index contributed by atoms with van der Waals surface area (Å²) in [7, 11) is 0. The third kappa shape index (κ3) is 4.77. The Hall–Kier alpha value is -3.82. The zero-order chi connectivity index (χ0) is 21.5. The average molecular weight is 412 g/mol. The first-order valence-electron chi connectivity index (χ1n) is 9.29. The minimum Gasteiger partial charge on any atom is -0.465 e. The van der Waals surface area contributed by atoms with Crippen molar-refractivity contribution in [2.45, 2.75) is 26.3 Å². The molecule has 0 aliphatic carbocycles. The Morgan fingerprint density at radius 1 is 1.07 bits per heavy atom. The lowest BCUT2D eigenvalue weighted by Gasteiger charge is -2.12. The van der Waals surface area contributed by atoms with Crippen LogP contribution in [-0.2, 0) is 20.8 Å². The van der Waals surface area contributed by atoms with E-state index in [-0.39, 0.29) is 37.0 Å². The molecule has 0 aromatic carbocycles. The van der Waals surface area contributed by atoms with Gasteiger partial charge in [-0.1, -0.05) is 6.07 Å². The Balaban J connectivity index is 1.87. The van der Waals surface area contributed by atoms with Gasteiger partial charge in [-0.2, -0.15) is 0 Å². The summed E-state index contributed by atoms with van der Waals surface area (Å²) in [5.74, 6) is -2.13. The second kappa shape index (κ2) is 9.59.